The SMILES string of the molecule is O=S(=O)(Nc1n[nH]c2cccc(C(F)F)c12)c1ccc(Cl)s1. The molecule has 0 fully saturated rings. The van der Waals surface area contributed by atoms with E-state index in [0.29, 0.717) is 9.85 Å². The molecule has 3 aromatic rings. The Labute approximate surface area is 133 Å². The van der Waals surface area contributed by atoms with Crippen LogP contribution in [0, 0.1) is 0 Å². The van der Waals surface area contributed by atoms with Gasteiger partial charge in [-0.05, 0) is 18.2 Å². The summed E-state index contributed by atoms with van der Waals surface area (Å²) >= 11 is 6.58. The summed E-state index contributed by atoms with van der Waals surface area (Å²) < 4.78 is 53.1. The van der Waals surface area contributed by atoms with Crippen LogP contribution < -0.4 is 4.72 Å². The third-order valence-electron chi connectivity index (χ3n) is 2.90. The van der Waals surface area contributed by atoms with Gasteiger partial charge in [0.2, 0.25) is 0 Å². The predicted molar refractivity (Wildman–Crippen MR) is 81.2 cm³/mol. The smallest absolute Gasteiger partial charge is 0.272 e. The van der Waals surface area contributed by atoms with Gasteiger partial charge in [-0.1, -0.05) is 23.7 Å². The highest BCUT2D eigenvalue weighted by Crippen LogP contribution is 2.33. The molecule has 2 aromatic heterocycles. The second-order valence-electron chi connectivity index (χ2n) is 4.31. The van der Waals surface area contributed by atoms with Gasteiger partial charge in [0.05, 0.1) is 15.2 Å². The maximum Gasteiger partial charge on any atom is 0.272 e. The number of thiophene rings is 1. The number of hydrogen-bond acceptors (Lipinski definition) is 4. The number of nitrogens with zero attached hydrogens (tertiary/aromatic N) is 1. The Morgan fingerprint density at radius 2 is 2.05 bits per heavy atom. The summed E-state index contributed by atoms with van der Waals surface area (Å²) in [5, 5.41) is 6.35. The lowest BCUT2D eigenvalue weighted by Crippen LogP contribution is -2.12. The molecule has 0 saturated carbocycles. The molecule has 1 aromatic carbocycles. The average molecular weight is 364 g/mol. The van der Waals surface area contributed by atoms with Crippen LogP contribution in [0.1, 0.15) is 12.0 Å². The molecule has 116 valence electrons. The molecular formula is C12H8ClF2N3O2S2. The molecule has 2 N–H and O–H groups in total. The maximum absolute atomic E-state index is 13.1. The van der Waals surface area contributed by atoms with E-state index < -0.39 is 16.4 Å². The van der Waals surface area contributed by atoms with Crippen LogP contribution in [-0.4, -0.2) is 18.6 Å². The van der Waals surface area contributed by atoms with Crippen molar-refractivity contribution in [2.45, 2.75) is 10.6 Å². The quantitative estimate of drug-likeness (QED) is 0.735. The molecular weight excluding hydrogens is 356 g/mol. The molecule has 0 amide bonds. The summed E-state index contributed by atoms with van der Waals surface area (Å²) in [5.41, 5.74) is 0.0212. The van der Waals surface area contributed by atoms with Gasteiger partial charge >= 0.3 is 0 Å². The molecule has 0 aliphatic heterocycles. The number of hydrogen-bond donors (Lipinski definition) is 2. The van der Waals surface area contributed by atoms with Crippen LogP contribution in [-0.2, 0) is 10.0 Å². The molecule has 5 nitrogen and oxygen atoms in total. The number of aromatic amines is 1. The zero-order valence-corrected chi connectivity index (χ0v) is 13.1. The van der Waals surface area contributed by atoms with Gasteiger partial charge in [0.1, 0.15) is 4.21 Å². The minimum absolute atomic E-state index is 0.0248. The number of rotatable bonds is 4. The molecule has 22 heavy (non-hydrogen) atoms. The summed E-state index contributed by atoms with van der Waals surface area (Å²) in [6, 6.07) is 6.97. The summed E-state index contributed by atoms with van der Waals surface area (Å²) in [4.78, 5) is 0. The van der Waals surface area contributed by atoms with Gasteiger partial charge in [-0.25, -0.2) is 17.2 Å². The van der Waals surface area contributed by atoms with Crippen LogP contribution in [0.2, 0.25) is 4.34 Å². The number of fused-ring (bicyclic) bond motifs is 1. The van der Waals surface area contributed by atoms with E-state index in [1.807, 2.05) is 0 Å². The zero-order chi connectivity index (χ0) is 15.9. The van der Waals surface area contributed by atoms with Crippen LogP contribution in [0.3, 0.4) is 0 Å². The van der Waals surface area contributed by atoms with Crippen molar-refractivity contribution in [2.24, 2.45) is 0 Å². The number of H-pyrrole nitrogens is 1. The van der Waals surface area contributed by atoms with E-state index in [0.717, 1.165) is 11.3 Å². The van der Waals surface area contributed by atoms with Gasteiger partial charge in [0.15, 0.2) is 5.82 Å². The predicted octanol–water partition coefficient (Wildman–Crippen LogP) is 4.02. The van der Waals surface area contributed by atoms with Crippen LogP contribution in [0.4, 0.5) is 14.6 Å². The third kappa shape index (κ3) is 2.67. The Balaban J connectivity index is 2.08. The van der Waals surface area contributed by atoms with Crippen molar-refractivity contribution in [1.82, 2.24) is 10.2 Å². The summed E-state index contributed by atoms with van der Waals surface area (Å²) in [6.45, 7) is 0. The molecule has 0 bridgehead atoms. The van der Waals surface area contributed by atoms with E-state index in [4.69, 9.17) is 11.6 Å². The molecule has 0 atom stereocenters. The fraction of sp³-hybridized carbons (Fsp3) is 0.0833. The normalized spacial score (nSPS) is 12.2. The van der Waals surface area contributed by atoms with Crippen molar-refractivity contribution in [3.8, 4) is 0 Å². The lowest BCUT2D eigenvalue weighted by molar-refractivity contribution is 0.153. The first-order valence-electron chi connectivity index (χ1n) is 5.92. The fourth-order valence-electron chi connectivity index (χ4n) is 1.98. The highest BCUT2D eigenvalue weighted by atomic mass is 35.5. The molecule has 0 aliphatic rings. The highest BCUT2D eigenvalue weighted by molar-refractivity contribution is 7.94. The Bertz CT molecular complexity index is 937. The first-order valence-corrected chi connectivity index (χ1v) is 8.59. The Morgan fingerprint density at radius 1 is 1.27 bits per heavy atom. The van der Waals surface area contributed by atoms with Crippen molar-refractivity contribution < 1.29 is 17.2 Å². The first-order chi connectivity index (χ1) is 10.4. The second-order valence-corrected chi connectivity index (χ2v) is 7.93. The van der Waals surface area contributed by atoms with Crippen molar-refractivity contribution >= 4 is 49.7 Å². The molecule has 2 heterocycles. The standard InChI is InChI=1S/C12H8ClF2N3O2S2/c13-8-4-5-9(21-8)22(19,20)18-12-10-6(11(14)15)2-1-3-7(10)16-17-12/h1-5,11H,(H2,16,17,18). The van der Waals surface area contributed by atoms with E-state index in [2.05, 4.69) is 14.9 Å². The van der Waals surface area contributed by atoms with E-state index >= 15 is 0 Å². The summed E-state index contributed by atoms with van der Waals surface area (Å²) in [7, 11) is -3.94. The number of halogens is 3. The summed E-state index contributed by atoms with van der Waals surface area (Å²) in [5.74, 6) is -0.171. The van der Waals surface area contributed by atoms with Gasteiger partial charge in [-0.3, -0.25) is 9.82 Å². The molecule has 10 heteroatoms. The first kappa shape index (κ1) is 15.2. The number of benzene rings is 1. The van der Waals surface area contributed by atoms with Crippen LogP contribution >= 0.6 is 22.9 Å². The van der Waals surface area contributed by atoms with Crippen LogP contribution in [0.5, 0.6) is 0 Å². The van der Waals surface area contributed by atoms with Gasteiger partial charge in [0.25, 0.3) is 16.4 Å². The van der Waals surface area contributed by atoms with Crippen molar-refractivity contribution in [3.05, 3.63) is 40.2 Å². The summed E-state index contributed by atoms with van der Waals surface area (Å²) in [6.07, 6.45) is -2.75. The molecule has 0 radical (unpaired) electrons. The highest BCUT2D eigenvalue weighted by Gasteiger charge is 2.22. The van der Waals surface area contributed by atoms with E-state index in [1.165, 1.54) is 30.3 Å². The average Bonchev–Trinajstić information content (AvgIpc) is 3.05. The van der Waals surface area contributed by atoms with Crippen molar-refractivity contribution in [3.63, 3.8) is 0 Å². The molecule has 0 unspecified atom stereocenters. The fourth-order valence-corrected chi connectivity index (χ4v) is 4.47. The monoisotopic (exact) mass is 363 g/mol. The minimum atomic E-state index is -3.94. The van der Waals surface area contributed by atoms with E-state index in [9.17, 15) is 17.2 Å². The third-order valence-corrected chi connectivity index (χ3v) is 5.96. The lowest BCUT2D eigenvalue weighted by atomic mass is 10.1. The Hall–Kier alpha value is -1.71. The largest absolute Gasteiger partial charge is 0.276 e. The number of alkyl halides is 2. The van der Waals surface area contributed by atoms with Crippen molar-refractivity contribution in [2.75, 3.05) is 4.72 Å². The topological polar surface area (TPSA) is 74.8 Å². The maximum atomic E-state index is 13.1. The minimum Gasteiger partial charge on any atom is -0.276 e. The number of nitrogens with one attached hydrogen (secondary N) is 2. The number of aromatic nitrogens is 2. The van der Waals surface area contributed by atoms with Crippen molar-refractivity contribution in [1.29, 1.82) is 0 Å². The van der Waals surface area contributed by atoms with E-state index in [1.54, 1.807) is 0 Å². The van der Waals surface area contributed by atoms with Crippen LogP contribution in [0.25, 0.3) is 10.9 Å². The zero-order valence-electron chi connectivity index (χ0n) is 10.7. The van der Waals surface area contributed by atoms with Gasteiger partial charge < -0.3 is 0 Å². The van der Waals surface area contributed by atoms with E-state index in [-0.39, 0.29) is 21.0 Å². The number of anilines is 1. The molecule has 3 rings (SSSR count). The Kier molecular flexibility index (Phi) is 3.79. The Morgan fingerprint density at radius 3 is 2.68 bits per heavy atom. The second kappa shape index (κ2) is 5.49. The molecule has 0 spiro atoms. The number of sulfonamides is 1. The molecule has 0 saturated heterocycles. The molecule has 0 aliphatic carbocycles. The van der Waals surface area contributed by atoms with Gasteiger partial charge in [-0.2, -0.15) is 5.10 Å². The van der Waals surface area contributed by atoms with Gasteiger partial charge in [0, 0.05) is 5.56 Å². The van der Waals surface area contributed by atoms with Gasteiger partial charge in [-0.15, -0.1) is 11.3 Å². The van der Waals surface area contributed by atoms with Crippen LogP contribution in [0.15, 0.2) is 34.5 Å². The lowest BCUT2D eigenvalue weighted by Gasteiger charge is -2.06.